The minimum atomic E-state index is -0.356. The van der Waals surface area contributed by atoms with Crippen LogP contribution < -0.4 is 15.2 Å². The first kappa shape index (κ1) is 13.5. The highest BCUT2D eigenvalue weighted by molar-refractivity contribution is 6.31. The summed E-state index contributed by atoms with van der Waals surface area (Å²) < 4.78 is 23.7. The van der Waals surface area contributed by atoms with Gasteiger partial charge in [0, 0.05) is 16.7 Å². The molecule has 0 aliphatic heterocycles. The smallest absolute Gasteiger partial charge is 0.142 e. The molecule has 0 aliphatic rings. The largest absolute Gasteiger partial charge is 0.497 e. The standard InChI is InChI=1S/C14H13ClFNO2/c1-18-11-3-5-14(13(17)7-11)19-8-9-6-10(16)2-4-12(9)15/h2-7H,8,17H2,1H3. The second kappa shape index (κ2) is 5.80. The second-order valence-corrected chi connectivity index (χ2v) is 4.34. The van der Waals surface area contributed by atoms with Crippen molar-refractivity contribution in [1.29, 1.82) is 0 Å². The molecule has 2 aromatic carbocycles. The molecular weight excluding hydrogens is 269 g/mol. The van der Waals surface area contributed by atoms with E-state index in [0.717, 1.165) is 0 Å². The molecule has 0 radical (unpaired) electrons. The summed E-state index contributed by atoms with van der Waals surface area (Å²) in [5, 5.41) is 0.452. The van der Waals surface area contributed by atoms with Crippen molar-refractivity contribution in [3.8, 4) is 11.5 Å². The summed E-state index contributed by atoms with van der Waals surface area (Å²) in [6.07, 6.45) is 0. The number of nitrogen functional groups attached to an aromatic ring is 1. The SMILES string of the molecule is COc1ccc(OCc2cc(F)ccc2Cl)c(N)c1. The van der Waals surface area contributed by atoms with Gasteiger partial charge in [-0.25, -0.2) is 4.39 Å². The lowest BCUT2D eigenvalue weighted by Crippen LogP contribution is -2.00. The molecule has 0 aliphatic carbocycles. The van der Waals surface area contributed by atoms with Crippen molar-refractivity contribution < 1.29 is 13.9 Å². The van der Waals surface area contributed by atoms with Crippen molar-refractivity contribution in [2.75, 3.05) is 12.8 Å². The minimum absolute atomic E-state index is 0.146. The van der Waals surface area contributed by atoms with Crippen LogP contribution in [0.3, 0.4) is 0 Å². The van der Waals surface area contributed by atoms with E-state index in [1.807, 2.05) is 0 Å². The first-order chi connectivity index (χ1) is 9.10. The van der Waals surface area contributed by atoms with Gasteiger partial charge in [-0.1, -0.05) is 11.6 Å². The molecule has 19 heavy (non-hydrogen) atoms. The van der Waals surface area contributed by atoms with Gasteiger partial charge >= 0.3 is 0 Å². The number of methoxy groups -OCH3 is 1. The van der Waals surface area contributed by atoms with Crippen LogP contribution in [-0.4, -0.2) is 7.11 Å². The van der Waals surface area contributed by atoms with Crippen molar-refractivity contribution in [2.24, 2.45) is 0 Å². The zero-order valence-electron chi connectivity index (χ0n) is 10.3. The first-order valence-corrected chi connectivity index (χ1v) is 5.98. The Balaban J connectivity index is 2.12. The van der Waals surface area contributed by atoms with Gasteiger partial charge in [-0.2, -0.15) is 0 Å². The van der Waals surface area contributed by atoms with E-state index in [-0.39, 0.29) is 12.4 Å². The van der Waals surface area contributed by atoms with Crippen LogP contribution in [0.25, 0.3) is 0 Å². The quantitative estimate of drug-likeness (QED) is 0.870. The Morgan fingerprint density at radius 3 is 2.68 bits per heavy atom. The fourth-order valence-corrected chi connectivity index (χ4v) is 1.77. The normalized spacial score (nSPS) is 10.3. The average molecular weight is 282 g/mol. The molecule has 0 amide bonds. The van der Waals surface area contributed by atoms with Crippen molar-refractivity contribution in [3.63, 3.8) is 0 Å². The molecule has 0 bridgehead atoms. The number of rotatable bonds is 4. The molecule has 0 saturated heterocycles. The lowest BCUT2D eigenvalue weighted by molar-refractivity contribution is 0.306. The van der Waals surface area contributed by atoms with Gasteiger partial charge < -0.3 is 15.2 Å². The summed E-state index contributed by atoms with van der Waals surface area (Å²) in [5.74, 6) is 0.792. The van der Waals surface area contributed by atoms with E-state index in [0.29, 0.717) is 27.8 Å². The number of ether oxygens (including phenoxy) is 2. The molecule has 0 unspecified atom stereocenters. The fourth-order valence-electron chi connectivity index (χ4n) is 1.59. The van der Waals surface area contributed by atoms with Gasteiger partial charge in [0.25, 0.3) is 0 Å². The fraction of sp³-hybridized carbons (Fsp3) is 0.143. The first-order valence-electron chi connectivity index (χ1n) is 5.60. The van der Waals surface area contributed by atoms with Crippen LogP contribution in [0.1, 0.15) is 5.56 Å². The molecule has 2 rings (SSSR count). The van der Waals surface area contributed by atoms with Gasteiger partial charge in [0.15, 0.2) is 0 Å². The van der Waals surface area contributed by atoms with Crippen LogP contribution in [-0.2, 0) is 6.61 Å². The lowest BCUT2D eigenvalue weighted by atomic mass is 10.2. The van der Waals surface area contributed by atoms with Crippen molar-refractivity contribution in [2.45, 2.75) is 6.61 Å². The van der Waals surface area contributed by atoms with E-state index in [1.165, 1.54) is 18.2 Å². The van der Waals surface area contributed by atoms with Crippen LogP contribution in [0.2, 0.25) is 5.02 Å². The summed E-state index contributed by atoms with van der Waals surface area (Å²) >= 11 is 5.95. The maximum absolute atomic E-state index is 13.1. The highest BCUT2D eigenvalue weighted by Crippen LogP contribution is 2.28. The zero-order valence-corrected chi connectivity index (χ0v) is 11.1. The maximum Gasteiger partial charge on any atom is 0.142 e. The Morgan fingerprint density at radius 1 is 1.21 bits per heavy atom. The van der Waals surface area contributed by atoms with Gasteiger partial charge in [-0.05, 0) is 30.3 Å². The molecule has 0 heterocycles. The lowest BCUT2D eigenvalue weighted by Gasteiger charge is -2.11. The third-order valence-electron chi connectivity index (χ3n) is 2.61. The number of nitrogens with two attached hydrogens (primary N) is 1. The molecular formula is C14H13ClFNO2. The van der Waals surface area contributed by atoms with Gasteiger partial charge in [-0.15, -0.1) is 0 Å². The second-order valence-electron chi connectivity index (χ2n) is 3.93. The minimum Gasteiger partial charge on any atom is -0.497 e. The third kappa shape index (κ3) is 3.29. The highest BCUT2D eigenvalue weighted by atomic mass is 35.5. The predicted octanol–water partition coefficient (Wildman–Crippen LogP) is 3.65. The van der Waals surface area contributed by atoms with Crippen molar-refractivity contribution in [3.05, 3.63) is 52.8 Å². The number of hydrogen-bond acceptors (Lipinski definition) is 3. The van der Waals surface area contributed by atoms with E-state index in [1.54, 1.807) is 25.3 Å². The Kier molecular flexibility index (Phi) is 4.12. The van der Waals surface area contributed by atoms with E-state index >= 15 is 0 Å². The number of benzene rings is 2. The summed E-state index contributed by atoms with van der Waals surface area (Å²) in [4.78, 5) is 0. The van der Waals surface area contributed by atoms with E-state index in [2.05, 4.69) is 0 Å². The molecule has 2 aromatic rings. The molecule has 0 atom stereocenters. The van der Waals surface area contributed by atoms with Gasteiger partial charge in [0.2, 0.25) is 0 Å². The zero-order chi connectivity index (χ0) is 13.8. The Hall–Kier alpha value is -1.94. The van der Waals surface area contributed by atoms with Crippen LogP contribution in [0.15, 0.2) is 36.4 Å². The molecule has 0 aromatic heterocycles. The molecule has 5 heteroatoms. The average Bonchev–Trinajstić information content (AvgIpc) is 2.40. The maximum atomic E-state index is 13.1. The van der Waals surface area contributed by atoms with E-state index < -0.39 is 0 Å². The van der Waals surface area contributed by atoms with Crippen LogP contribution >= 0.6 is 11.6 Å². The molecule has 0 saturated carbocycles. The Morgan fingerprint density at radius 2 is 2.00 bits per heavy atom. The van der Waals surface area contributed by atoms with Crippen molar-refractivity contribution in [1.82, 2.24) is 0 Å². The highest BCUT2D eigenvalue weighted by Gasteiger charge is 2.06. The Labute approximate surface area is 115 Å². The molecule has 2 N–H and O–H groups in total. The van der Waals surface area contributed by atoms with Crippen LogP contribution in [0.4, 0.5) is 10.1 Å². The van der Waals surface area contributed by atoms with Crippen LogP contribution in [0, 0.1) is 5.82 Å². The molecule has 100 valence electrons. The summed E-state index contributed by atoms with van der Waals surface area (Å²) in [5.41, 5.74) is 6.83. The third-order valence-corrected chi connectivity index (χ3v) is 2.98. The monoisotopic (exact) mass is 281 g/mol. The molecule has 0 spiro atoms. The summed E-state index contributed by atoms with van der Waals surface area (Å²) in [7, 11) is 1.56. The summed E-state index contributed by atoms with van der Waals surface area (Å²) in [6, 6.07) is 9.21. The van der Waals surface area contributed by atoms with E-state index in [9.17, 15) is 4.39 Å². The predicted molar refractivity (Wildman–Crippen MR) is 73.1 cm³/mol. The molecule has 3 nitrogen and oxygen atoms in total. The van der Waals surface area contributed by atoms with Crippen LogP contribution in [0.5, 0.6) is 11.5 Å². The van der Waals surface area contributed by atoms with Crippen molar-refractivity contribution >= 4 is 17.3 Å². The topological polar surface area (TPSA) is 44.5 Å². The number of anilines is 1. The van der Waals surface area contributed by atoms with Gasteiger partial charge in [0.05, 0.1) is 12.8 Å². The Bertz CT molecular complexity index is 590. The summed E-state index contributed by atoms with van der Waals surface area (Å²) in [6.45, 7) is 0.146. The number of hydrogen-bond donors (Lipinski definition) is 1. The number of halogens is 2. The molecule has 0 fully saturated rings. The van der Waals surface area contributed by atoms with Gasteiger partial charge in [-0.3, -0.25) is 0 Å². The van der Waals surface area contributed by atoms with Gasteiger partial charge in [0.1, 0.15) is 23.9 Å². The van der Waals surface area contributed by atoms with E-state index in [4.69, 9.17) is 26.8 Å².